The number of anilines is 1. The molecule has 0 spiro atoms. The summed E-state index contributed by atoms with van der Waals surface area (Å²) in [6.45, 7) is 3.24. The van der Waals surface area contributed by atoms with Gasteiger partial charge in [0, 0.05) is 31.4 Å². The Kier molecular flexibility index (Phi) is 3.92. The highest BCUT2D eigenvalue weighted by Gasteiger charge is 2.16. The number of nitrogens with two attached hydrogens (primary N) is 1. The van der Waals surface area contributed by atoms with E-state index in [1.54, 1.807) is 0 Å². The molecule has 0 amide bonds. The number of pyridine rings is 1. The van der Waals surface area contributed by atoms with E-state index in [2.05, 4.69) is 28.4 Å². The first-order valence-corrected chi connectivity index (χ1v) is 7.63. The normalized spacial score (nSPS) is 22.6. The molecule has 1 aliphatic rings. The molecule has 5 nitrogen and oxygen atoms in total. The molecule has 0 unspecified atom stereocenters. The van der Waals surface area contributed by atoms with Crippen molar-refractivity contribution in [3.8, 4) is 11.3 Å². The molecule has 0 fully saturated rings. The number of hydrogen-bond acceptors (Lipinski definition) is 4. The predicted octanol–water partition coefficient (Wildman–Crippen LogP) is 2.71. The summed E-state index contributed by atoms with van der Waals surface area (Å²) in [5, 5.41) is 7.93. The molecule has 2 aromatic heterocycles. The maximum atomic E-state index is 6.30. The smallest absolute Gasteiger partial charge is 0.0912 e. The van der Waals surface area contributed by atoms with Gasteiger partial charge in [-0.15, -0.1) is 0 Å². The van der Waals surface area contributed by atoms with E-state index in [1.807, 2.05) is 30.2 Å². The Bertz CT molecular complexity index is 619. The number of aryl methyl sites for hydroxylation is 1. The lowest BCUT2D eigenvalue weighted by molar-refractivity contribution is 0.488. The zero-order chi connectivity index (χ0) is 14.8. The van der Waals surface area contributed by atoms with Crippen LogP contribution in [0.5, 0.6) is 0 Å². The molecule has 0 saturated heterocycles. The van der Waals surface area contributed by atoms with E-state index in [9.17, 15) is 0 Å². The Balaban J connectivity index is 2.06. The number of rotatable bonds is 0. The Hall–Kier alpha value is -1.88. The average molecular weight is 285 g/mol. The van der Waals surface area contributed by atoms with Crippen LogP contribution in [0.2, 0.25) is 0 Å². The summed E-state index contributed by atoms with van der Waals surface area (Å²) < 4.78 is 1.91. The van der Waals surface area contributed by atoms with Crippen LogP contribution in [0.15, 0.2) is 24.5 Å². The van der Waals surface area contributed by atoms with Crippen LogP contribution in [0.4, 0.5) is 5.69 Å². The Morgan fingerprint density at radius 2 is 2.24 bits per heavy atom. The SMILES string of the molecule is C[C@@H]1CCC[C@H](N)c2cc(ccn2)-c2c(cnn2C)NC1. The number of aromatic nitrogens is 3. The first-order chi connectivity index (χ1) is 10.1. The summed E-state index contributed by atoms with van der Waals surface area (Å²) in [6.07, 6.45) is 7.04. The van der Waals surface area contributed by atoms with Gasteiger partial charge < -0.3 is 11.1 Å². The third-order valence-corrected chi connectivity index (χ3v) is 4.23. The second-order valence-electron chi connectivity index (χ2n) is 6.02. The van der Waals surface area contributed by atoms with Crippen molar-refractivity contribution in [1.29, 1.82) is 0 Å². The highest BCUT2D eigenvalue weighted by atomic mass is 15.3. The van der Waals surface area contributed by atoms with Gasteiger partial charge in [-0.1, -0.05) is 13.3 Å². The largest absolute Gasteiger partial charge is 0.382 e. The molecule has 0 saturated carbocycles. The summed E-state index contributed by atoms with van der Waals surface area (Å²) in [6, 6.07) is 4.13. The average Bonchev–Trinajstić information content (AvgIpc) is 2.85. The van der Waals surface area contributed by atoms with Crippen LogP contribution < -0.4 is 11.1 Å². The van der Waals surface area contributed by atoms with Gasteiger partial charge in [-0.05, 0) is 30.9 Å². The topological polar surface area (TPSA) is 68.8 Å². The molecule has 112 valence electrons. The number of hydrogen-bond donors (Lipinski definition) is 2. The standard InChI is InChI=1S/C16H23N5/c1-11-4-3-5-13(17)14-8-12(6-7-18-14)16-15(19-9-11)10-20-21(16)2/h6-8,10-11,13,19H,3-5,9,17H2,1-2H3/t11-,13+/m1/s1. The van der Waals surface area contributed by atoms with Crippen molar-refractivity contribution in [2.24, 2.45) is 18.7 Å². The fourth-order valence-corrected chi connectivity index (χ4v) is 2.93. The van der Waals surface area contributed by atoms with Gasteiger partial charge in [-0.25, -0.2) is 0 Å². The molecule has 21 heavy (non-hydrogen) atoms. The zero-order valence-corrected chi connectivity index (χ0v) is 12.7. The molecule has 0 aromatic carbocycles. The van der Waals surface area contributed by atoms with Crippen LogP contribution in [-0.2, 0) is 7.05 Å². The number of fused-ring (bicyclic) bond motifs is 4. The first kappa shape index (κ1) is 14.1. The Morgan fingerprint density at radius 1 is 1.38 bits per heavy atom. The van der Waals surface area contributed by atoms with E-state index in [-0.39, 0.29) is 6.04 Å². The third kappa shape index (κ3) is 2.93. The van der Waals surface area contributed by atoms with Gasteiger partial charge in [-0.3, -0.25) is 9.67 Å². The Morgan fingerprint density at radius 3 is 3.10 bits per heavy atom. The van der Waals surface area contributed by atoms with Crippen molar-refractivity contribution in [1.82, 2.24) is 14.8 Å². The van der Waals surface area contributed by atoms with Crippen LogP contribution in [0.25, 0.3) is 11.3 Å². The predicted molar refractivity (Wildman–Crippen MR) is 84.9 cm³/mol. The second-order valence-corrected chi connectivity index (χ2v) is 6.02. The van der Waals surface area contributed by atoms with E-state index in [4.69, 9.17) is 5.73 Å². The summed E-state index contributed by atoms with van der Waals surface area (Å²) in [4.78, 5) is 4.45. The van der Waals surface area contributed by atoms with Gasteiger partial charge >= 0.3 is 0 Å². The van der Waals surface area contributed by atoms with Gasteiger partial charge in [0.1, 0.15) is 0 Å². The van der Waals surface area contributed by atoms with Crippen LogP contribution in [0.3, 0.4) is 0 Å². The highest BCUT2D eigenvalue weighted by Crippen LogP contribution is 2.30. The van der Waals surface area contributed by atoms with Gasteiger partial charge in [0.05, 0.1) is 23.3 Å². The van der Waals surface area contributed by atoms with Gasteiger partial charge in [0.15, 0.2) is 0 Å². The molecule has 0 aliphatic carbocycles. The molecular formula is C16H23N5. The molecule has 2 bridgehead atoms. The van der Waals surface area contributed by atoms with Crippen molar-refractivity contribution in [2.75, 3.05) is 11.9 Å². The molecule has 3 N–H and O–H groups in total. The van der Waals surface area contributed by atoms with Crippen molar-refractivity contribution in [3.63, 3.8) is 0 Å². The molecular weight excluding hydrogens is 262 g/mol. The summed E-state index contributed by atoms with van der Waals surface area (Å²) in [5.74, 6) is 0.621. The molecule has 3 rings (SSSR count). The lowest BCUT2D eigenvalue weighted by Gasteiger charge is -2.18. The summed E-state index contributed by atoms with van der Waals surface area (Å²) in [7, 11) is 1.97. The number of nitrogens with zero attached hydrogens (tertiary/aromatic N) is 3. The molecule has 2 atom stereocenters. The van der Waals surface area contributed by atoms with E-state index in [0.717, 1.165) is 42.0 Å². The van der Waals surface area contributed by atoms with Crippen molar-refractivity contribution in [2.45, 2.75) is 32.2 Å². The lowest BCUT2D eigenvalue weighted by Crippen LogP contribution is -2.16. The molecule has 2 aromatic rings. The van der Waals surface area contributed by atoms with Crippen LogP contribution in [0.1, 0.15) is 37.9 Å². The Labute approximate surface area is 125 Å². The van der Waals surface area contributed by atoms with Crippen molar-refractivity contribution >= 4 is 5.69 Å². The van der Waals surface area contributed by atoms with E-state index >= 15 is 0 Å². The quantitative estimate of drug-likeness (QED) is 0.781. The molecule has 3 heterocycles. The van der Waals surface area contributed by atoms with Crippen LogP contribution in [-0.4, -0.2) is 21.3 Å². The van der Waals surface area contributed by atoms with E-state index < -0.39 is 0 Å². The van der Waals surface area contributed by atoms with Crippen molar-refractivity contribution in [3.05, 3.63) is 30.2 Å². The van der Waals surface area contributed by atoms with Crippen LogP contribution in [0, 0.1) is 5.92 Å². The second kappa shape index (κ2) is 5.85. The minimum atomic E-state index is 0.0150. The highest BCUT2D eigenvalue weighted by molar-refractivity contribution is 5.74. The van der Waals surface area contributed by atoms with E-state index in [0.29, 0.717) is 5.92 Å². The van der Waals surface area contributed by atoms with E-state index in [1.165, 1.54) is 6.42 Å². The lowest BCUT2D eigenvalue weighted by atomic mass is 9.98. The third-order valence-electron chi connectivity index (χ3n) is 4.23. The number of nitrogens with one attached hydrogen (secondary N) is 1. The molecule has 1 aliphatic heterocycles. The first-order valence-electron chi connectivity index (χ1n) is 7.63. The minimum Gasteiger partial charge on any atom is -0.382 e. The monoisotopic (exact) mass is 285 g/mol. The van der Waals surface area contributed by atoms with Gasteiger partial charge in [-0.2, -0.15) is 5.10 Å². The van der Waals surface area contributed by atoms with Crippen molar-refractivity contribution < 1.29 is 0 Å². The zero-order valence-electron chi connectivity index (χ0n) is 12.7. The minimum absolute atomic E-state index is 0.0150. The summed E-state index contributed by atoms with van der Waals surface area (Å²) >= 11 is 0. The fourth-order valence-electron chi connectivity index (χ4n) is 2.93. The summed E-state index contributed by atoms with van der Waals surface area (Å²) in [5.41, 5.74) is 10.6. The fraction of sp³-hybridized carbons (Fsp3) is 0.500. The van der Waals surface area contributed by atoms with Gasteiger partial charge in [0.25, 0.3) is 0 Å². The van der Waals surface area contributed by atoms with Gasteiger partial charge in [0.2, 0.25) is 0 Å². The van der Waals surface area contributed by atoms with Crippen LogP contribution >= 0.6 is 0 Å². The maximum Gasteiger partial charge on any atom is 0.0912 e. The molecule has 5 heteroatoms. The maximum absolute atomic E-state index is 6.30. The molecule has 0 radical (unpaired) electrons.